The number of carbonyl (C=O) groups excluding carboxylic acids is 1. The average Bonchev–Trinajstić information content (AvgIpc) is 3.19. The predicted molar refractivity (Wildman–Crippen MR) is 111 cm³/mol. The summed E-state index contributed by atoms with van der Waals surface area (Å²) < 4.78 is 5.24. The van der Waals surface area contributed by atoms with Crippen LogP contribution >= 0.6 is 0 Å². The van der Waals surface area contributed by atoms with Gasteiger partial charge in [-0.3, -0.25) is 9.69 Å². The Bertz CT molecular complexity index is 654. The lowest BCUT2D eigenvalue weighted by atomic mass is 9.67. The molecule has 2 N–H and O–H groups in total. The largest absolute Gasteiger partial charge is 0.497 e. The minimum atomic E-state index is -0.118. The van der Waals surface area contributed by atoms with E-state index in [-0.39, 0.29) is 5.41 Å². The maximum absolute atomic E-state index is 13.0. The van der Waals surface area contributed by atoms with Crippen LogP contribution in [0.15, 0.2) is 24.3 Å². The Balaban J connectivity index is 1.21. The number of nitrogens with zero attached hydrogens (tertiary/aromatic N) is 1. The van der Waals surface area contributed by atoms with Gasteiger partial charge in [-0.25, -0.2) is 0 Å². The van der Waals surface area contributed by atoms with Crippen molar-refractivity contribution in [1.82, 2.24) is 15.5 Å². The van der Waals surface area contributed by atoms with Crippen molar-refractivity contribution >= 4 is 5.91 Å². The van der Waals surface area contributed by atoms with Gasteiger partial charge < -0.3 is 15.4 Å². The number of likely N-dealkylation sites (tertiary alicyclic amines) is 1. The van der Waals surface area contributed by atoms with E-state index in [1.807, 2.05) is 12.1 Å². The van der Waals surface area contributed by atoms with Crippen LogP contribution in [0.4, 0.5) is 0 Å². The van der Waals surface area contributed by atoms with Crippen molar-refractivity contribution in [2.45, 2.75) is 45.1 Å². The second-order valence-corrected chi connectivity index (χ2v) is 9.01. The molecular weight excluding hydrogens is 350 g/mol. The van der Waals surface area contributed by atoms with Crippen molar-refractivity contribution in [2.24, 2.45) is 17.3 Å². The van der Waals surface area contributed by atoms with E-state index in [1.54, 1.807) is 7.11 Å². The molecule has 3 fully saturated rings. The molecule has 0 bridgehead atoms. The molecule has 5 heteroatoms. The third-order valence-electron chi connectivity index (χ3n) is 7.31. The third-order valence-corrected chi connectivity index (χ3v) is 7.31. The van der Waals surface area contributed by atoms with Crippen LogP contribution in [0, 0.1) is 17.3 Å². The van der Waals surface area contributed by atoms with Crippen molar-refractivity contribution in [3.8, 4) is 5.75 Å². The standard InChI is InChI=1S/C23H35N3O2/c1-28-21-7-5-19(6-8-21)16-26-12-9-18(10-13-26)14-25-22(27)23-11-3-2-4-20(23)15-24-17-23/h5-8,18,20,24H,2-4,9-17H2,1H3,(H,25,27)/t20-,23+/m0/s1. The number of methoxy groups -OCH3 is 1. The Hall–Kier alpha value is -1.59. The van der Waals surface area contributed by atoms with Crippen LogP contribution in [-0.2, 0) is 11.3 Å². The molecule has 1 aromatic carbocycles. The first-order valence-electron chi connectivity index (χ1n) is 11.0. The fourth-order valence-corrected chi connectivity index (χ4v) is 5.44. The molecule has 154 valence electrons. The van der Waals surface area contributed by atoms with Crippen molar-refractivity contribution in [3.05, 3.63) is 29.8 Å². The molecule has 2 aliphatic heterocycles. The molecule has 3 aliphatic rings. The number of carbonyl (C=O) groups is 1. The van der Waals surface area contributed by atoms with Crippen molar-refractivity contribution in [2.75, 3.05) is 39.8 Å². The van der Waals surface area contributed by atoms with Crippen LogP contribution in [0.3, 0.4) is 0 Å². The minimum Gasteiger partial charge on any atom is -0.497 e. The first-order chi connectivity index (χ1) is 13.7. The smallest absolute Gasteiger partial charge is 0.227 e. The number of benzene rings is 1. The average molecular weight is 386 g/mol. The fourth-order valence-electron chi connectivity index (χ4n) is 5.44. The monoisotopic (exact) mass is 385 g/mol. The summed E-state index contributed by atoms with van der Waals surface area (Å²) in [5.74, 6) is 2.40. The molecule has 5 nitrogen and oxygen atoms in total. The third kappa shape index (κ3) is 4.20. The van der Waals surface area contributed by atoms with Gasteiger partial charge in [-0.2, -0.15) is 0 Å². The predicted octanol–water partition coefficient (Wildman–Crippen LogP) is 2.80. The summed E-state index contributed by atoms with van der Waals surface area (Å²) in [5.41, 5.74) is 1.22. The number of ether oxygens (including phenoxy) is 1. The molecule has 4 rings (SSSR count). The Labute approximate surface area is 169 Å². The van der Waals surface area contributed by atoms with Gasteiger partial charge in [0.25, 0.3) is 0 Å². The van der Waals surface area contributed by atoms with Crippen LogP contribution in [-0.4, -0.2) is 50.6 Å². The Morgan fingerprint density at radius 1 is 1.21 bits per heavy atom. The normalized spacial score (nSPS) is 28.7. The van der Waals surface area contributed by atoms with Crippen LogP contribution < -0.4 is 15.4 Å². The zero-order valence-corrected chi connectivity index (χ0v) is 17.2. The summed E-state index contributed by atoms with van der Waals surface area (Å²) in [6.07, 6.45) is 7.11. The fraction of sp³-hybridized carbons (Fsp3) is 0.696. The molecule has 2 saturated heterocycles. The van der Waals surface area contributed by atoms with Crippen LogP contribution in [0.2, 0.25) is 0 Å². The van der Waals surface area contributed by atoms with E-state index in [4.69, 9.17) is 4.74 Å². The molecule has 28 heavy (non-hydrogen) atoms. The lowest BCUT2D eigenvalue weighted by molar-refractivity contribution is -0.134. The topological polar surface area (TPSA) is 53.6 Å². The first kappa shape index (κ1) is 19.7. The molecule has 1 aliphatic carbocycles. The van der Waals surface area contributed by atoms with Crippen LogP contribution in [0.1, 0.15) is 44.1 Å². The van der Waals surface area contributed by atoms with E-state index in [2.05, 4.69) is 27.7 Å². The molecule has 0 unspecified atom stereocenters. The van der Waals surface area contributed by atoms with Crippen molar-refractivity contribution < 1.29 is 9.53 Å². The van der Waals surface area contributed by atoms with Crippen molar-refractivity contribution in [1.29, 1.82) is 0 Å². The van der Waals surface area contributed by atoms with E-state index in [1.165, 1.54) is 37.7 Å². The summed E-state index contributed by atoms with van der Waals surface area (Å²) in [7, 11) is 1.70. The second kappa shape index (κ2) is 8.83. The number of hydrogen-bond acceptors (Lipinski definition) is 4. The maximum atomic E-state index is 13.0. The van der Waals surface area contributed by atoms with E-state index < -0.39 is 0 Å². The van der Waals surface area contributed by atoms with Crippen molar-refractivity contribution in [3.63, 3.8) is 0 Å². The maximum Gasteiger partial charge on any atom is 0.227 e. The van der Waals surface area contributed by atoms with Gasteiger partial charge in [0.05, 0.1) is 12.5 Å². The minimum absolute atomic E-state index is 0.118. The van der Waals surface area contributed by atoms with Crippen LogP contribution in [0.5, 0.6) is 5.75 Å². The molecule has 0 spiro atoms. The number of nitrogens with one attached hydrogen (secondary N) is 2. The quantitative estimate of drug-likeness (QED) is 0.791. The zero-order chi connectivity index (χ0) is 19.4. The number of hydrogen-bond donors (Lipinski definition) is 2. The van der Waals surface area contributed by atoms with E-state index >= 15 is 0 Å². The molecular formula is C23H35N3O2. The van der Waals surface area contributed by atoms with Crippen LogP contribution in [0.25, 0.3) is 0 Å². The number of piperidine rings is 1. The summed E-state index contributed by atoms with van der Waals surface area (Å²) in [6.45, 7) is 5.98. The molecule has 2 atom stereocenters. The summed E-state index contributed by atoms with van der Waals surface area (Å²) in [4.78, 5) is 15.6. The number of amides is 1. The van der Waals surface area contributed by atoms with Gasteiger partial charge in [-0.1, -0.05) is 25.0 Å². The number of fused-ring (bicyclic) bond motifs is 1. The Kier molecular flexibility index (Phi) is 6.22. The summed E-state index contributed by atoms with van der Waals surface area (Å²) in [5, 5.41) is 6.83. The first-order valence-corrected chi connectivity index (χ1v) is 11.0. The van der Waals surface area contributed by atoms with Gasteiger partial charge in [0.1, 0.15) is 5.75 Å². The SMILES string of the molecule is COc1ccc(CN2CCC(CNC(=O)[C@@]34CCCC[C@H]3CNC4)CC2)cc1. The van der Waals surface area contributed by atoms with Gasteiger partial charge in [0.2, 0.25) is 5.91 Å². The summed E-state index contributed by atoms with van der Waals surface area (Å²) >= 11 is 0. The number of rotatable bonds is 6. The summed E-state index contributed by atoms with van der Waals surface area (Å²) in [6, 6.07) is 8.38. The lowest BCUT2D eigenvalue weighted by Crippen LogP contribution is -2.49. The van der Waals surface area contributed by atoms with Gasteiger partial charge in [-0.15, -0.1) is 0 Å². The highest BCUT2D eigenvalue weighted by molar-refractivity contribution is 5.83. The highest BCUT2D eigenvalue weighted by Crippen LogP contribution is 2.43. The van der Waals surface area contributed by atoms with E-state index in [0.717, 1.165) is 51.4 Å². The molecule has 1 aromatic rings. The van der Waals surface area contributed by atoms with E-state index in [9.17, 15) is 4.79 Å². The molecule has 1 saturated carbocycles. The molecule has 0 aromatic heterocycles. The lowest BCUT2D eigenvalue weighted by Gasteiger charge is -2.38. The highest BCUT2D eigenvalue weighted by Gasteiger charge is 2.49. The van der Waals surface area contributed by atoms with Gasteiger partial charge in [0.15, 0.2) is 0 Å². The van der Waals surface area contributed by atoms with Gasteiger partial charge in [-0.05, 0) is 74.8 Å². The Morgan fingerprint density at radius 2 is 2.00 bits per heavy atom. The Morgan fingerprint density at radius 3 is 2.75 bits per heavy atom. The molecule has 1 amide bonds. The van der Waals surface area contributed by atoms with E-state index in [0.29, 0.717) is 17.7 Å². The van der Waals surface area contributed by atoms with Gasteiger partial charge >= 0.3 is 0 Å². The molecule has 2 heterocycles. The highest BCUT2D eigenvalue weighted by atomic mass is 16.5. The second-order valence-electron chi connectivity index (χ2n) is 9.01. The zero-order valence-electron chi connectivity index (χ0n) is 17.2. The molecule has 0 radical (unpaired) electrons. The van der Waals surface area contributed by atoms with Gasteiger partial charge in [0, 0.05) is 19.6 Å².